The number of hydrogen-bond acceptors (Lipinski definition) is 12. The number of amides is 2. The lowest BCUT2D eigenvalue weighted by molar-refractivity contribution is 0.0997. The molecule has 8 rings (SSSR count). The molecule has 14 nitrogen and oxygen atoms in total. The molecule has 4 aromatic heterocycles. The number of halogens is 1. The summed E-state index contributed by atoms with van der Waals surface area (Å²) in [5.74, 6) is -0.426. The summed E-state index contributed by atoms with van der Waals surface area (Å²) < 4.78 is 12.1. The zero-order valence-corrected chi connectivity index (χ0v) is 35.2. The van der Waals surface area contributed by atoms with Gasteiger partial charge in [0, 0.05) is 74.1 Å². The van der Waals surface area contributed by atoms with Crippen LogP contribution < -0.4 is 11.1 Å². The van der Waals surface area contributed by atoms with Crippen LogP contribution in [0, 0.1) is 36.5 Å². The van der Waals surface area contributed by atoms with E-state index in [0.29, 0.717) is 34.5 Å². The predicted molar refractivity (Wildman–Crippen MR) is 234 cm³/mol. The number of pyridine rings is 4. The minimum atomic E-state index is -0.512. The van der Waals surface area contributed by atoms with Gasteiger partial charge in [-0.15, -0.1) is 0 Å². The van der Waals surface area contributed by atoms with E-state index in [9.17, 15) is 9.59 Å². The summed E-state index contributed by atoms with van der Waals surface area (Å²) in [6, 6.07) is 28.3. The number of nitrogens with one attached hydrogen (secondary N) is 1. The number of aliphatic imine (C=N–C) groups is 2. The van der Waals surface area contributed by atoms with Gasteiger partial charge in [-0.05, 0) is 102 Å². The Morgan fingerprint density at radius 2 is 1.20 bits per heavy atom. The van der Waals surface area contributed by atoms with E-state index in [4.69, 9.17) is 30.7 Å². The van der Waals surface area contributed by atoms with Crippen molar-refractivity contribution < 1.29 is 19.1 Å². The molecule has 0 bridgehead atoms. The SMILES string of the molecule is COC(C1=Nc2cc(C)cnc2C1)c1ccc(Br)nc1.COC(C1=Nc2cc(C)cnc2C1)c1ccc(NC(=O)c2cccc(C#N)c2)nc1.N#Cc1cccc(C(N)=O)c1. The van der Waals surface area contributed by atoms with E-state index in [0.717, 1.165) is 67.5 Å². The first-order valence-electron chi connectivity index (χ1n) is 18.8. The maximum atomic E-state index is 12.4. The smallest absolute Gasteiger partial charge is 0.256 e. The van der Waals surface area contributed by atoms with Crippen LogP contribution in [0.2, 0.25) is 0 Å². The van der Waals surface area contributed by atoms with Crippen LogP contribution in [0.25, 0.3) is 0 Å². The molecule has 61 heavy (non-hydrogen) atoms. The van der Waals surface area contributed by atoms with Gasteiger partial charge in [-0.2, -0.15) is 10.5 Å². The van der Waals surface area contributed by atoms with Crippen LogP contribution in [0.5, 0.6) is 0 Å². The minimum absolute atomic E-state index is 0.176. The number of methoxy groups -OCH3 is 2. The molecule has 0 radical (unpaired) electrons. The molecular weight excluding hydrogens is 836 g/mol. The van der Waals surface area contributed by atoms with Crippen molar-refractivity contribution in [2.24, 2.45) is 15.7 Å². The normalized spacial score (nSPS) is 12.9. The second-order valence-corrected chi connectivity index (χ2v) is 14.7. The summed E-state index contributed by atoms with van der Waals surface area (Å²) in [5, 5.41) is 20.2. The molecular formula is C46H39BrN10O4. The van der Waals surface area contributed by atoms with Crippen LogP contribution in [-0.2, 0) is 22.3 Å². The van der Waals surface area contributed by atoms with Gasteiger partial charge >= 0.3 is 0 Å². The number of carbonyl (C=O) groups excluding carboxylic acids is 2. The van der Waals surface area contributed by atoms with Crippen molar-refractivity contribution in [3.63, 3.8) is 0 Å². The van der Waals surface area contributed by atoms with Gasteiger partial charge in [0.2, 0.25) is 5.91 Å². The monoisotopic (exact) mass is 874 g/mol. The highest BCUT2D eigenvalue weighted by molar-refractivity contribution is 9.10. The molecule has 2 aliphatic rings. The molecule has 0 fully saturated rings. The van der Waals surface area contributed by atoms with Gasteiger partial charge in [0.05, 0.1) is 57.5 Å². The maximum Gasteiger partial charge on any atom is 0.256 e. The number of nitrogens with two attached hydrogens (primary N) is 1. The fourth-order valence-electron chi connectivity index (χ4n) is 6.43. The average Bonchev–Trinajstić information content (AvgIpc) is 3.89. The van der Waals surface area contributed by atoms with E-state index >= 15 is 0 Å². The van der Waals surface area contributed by atoms with E-state index < -0.39 is 5.91 Å². The molecule has 2 unspecified atom stereocenters. The first kappa shape index (κ1) is 43.3. The Morgan fingerprint density at radius 1 is 0.689 bits per heavy atom. The van der Waals surface area contributed by atoms with E-state index in [1.54, 1.807) is 62.9 Å². The first-order valence-corrected chi connectivity index (χ1v) is 19.6. The van der Waals surface area contributed by atoms with Crippen molar-refractivity contribution in [3.05, 3.63) is 170 Å². The summed E-state index contributed by atoms with van der Waals surface area (Å²) in [7, 11) is 3.32. The molecule has 2 amide bonds. The Balaban J connectivity index is 0.000000172. The van der Waals surface area contributed by atoms with Gasteiger partial charge in [0.25, 0.3) is 5.91 Å². The molecule has 0 saturated carbocycles. The molecule has 0 saturated heterocycles. The van der Waals surface area contributed by atoms with Gasteiger partial charge in [-0.1, -0.05) is 24.3 Å². The fraction of sp³-hybridized carbons (Fsp3) is 0.174. The number of benzene rings is 2. The predicted octanol–water partition coefficient (Wildman–Crippen LogP) is 8.15. The Morgan fingerprint density at radius 3 is 1.66 bits per heavy atom. The van der Waals surface area contributed by atoms with Gasteiger partial charge in [-0.3, -0.25) is 29.5 Å². The summed E-state index contributed by atoms with van der Waals surface area (Å²) in [4.78, 5) is 49.8. The molecule has 2 aliphatic heterocycles. The molecule has 6 aromatic rings. The zero-order chi connectivity index (χ0) is 43.5. The topological polar surface area (TPSA) is 215 Å². The van der Waals surface area contributed by atoms with Crippen LogP contribution in [0.15, 0.2) is 124 Å². The molecule has 2 aromatic carbocycles. The molecule has 3 N–H and O–H groups in total. The molecule has 15 heteroatoms. The molecule has 304 valence electrons. The highest BCUT2D eigenvalue weighted by Gasteiger charge is 2.26. The second kappa shape index (κ2) is 20.1. The van der Waals surface area contributed by atoms with E-state index in [1.807, 2.05) is 68.8 Å². The third-order valence-corrected chi connectivity index (χ3v) is 9.85. The summed E-state index contributed by atoms with van der Waals surface area (Å²) in [5.41, 5.74) is 16.3. The second-order valence-electron chi connectivity index (χ2n) is 13.8. The van der Waals surface area contributed by atoms with Crippen molar-refractivity contribution in [2.45, 2.75) is 38.9 Å². The van der Waals surface area contributed by atoms with E-state index in [-0.39, 0.29) is 18.1 Å². The number of fused-ring (bicyclic) bond motifs is 2. The Bertz CT molecular complexity index is 2720. The van der Waals surface area contributed by atoms with Crippen molar-refractivity contribution in [2.75, 3.05) is 19.5 Å². The van der Waals surface area contributed by atoms with Gasteiger partial charge in [0.15, 0.2) is 0 Å². The van der Waals surface area contributed by atoms with Gasteiger partial charge in [-0.25, -0.2) is 9.97 Å². The maximum absolute atomic E-state index is 12.4. The number of aryl methyl sites for hydroxylation is 2. The number of anilines is 1. The number of aromatic nitrogens is 4. The largest absolute Gasteiger partial charge is 0.371 e. The highest BCUT2D eigenvalue weighted by Crippen LogP contribution is 2.33. The number of nitriles is 2. The number of rotatable bonds is 9. The summed E-state index contributed by atoms with van der Waals surface area (Å²) in [6.45, 7) is 4.01. The van der Waals surface area contributed by atoms with Crippen molar-refractivity contribution in [1.29, 1.82) is 10.5 Å². The van der Waals surface area contributed by atoms with Crippen LogP contribution in [-0.4, -0.2) is 57.4 Å². The van der Waals surface area contributed by atoms with Crippen molar-refractivity contribution in [1.82, 2.24) is 19.9 Å². The van der Waals surface area contributed by atoms with Gasteiger partial charge in [0.1, 0.15) is 22.6 Å². The number of nitrogens with zero attached hydrogens (tertiary/aromatic N) is 8. The number of ether oxygens (including phenoxy) is 2. The quantitative estimate of drug-likeness (QED) is 0.133. The third kappa shape index (κ3) is 11.1. The minimum Gasteiger partial charge on any atom is -0.371 e. The lowest BCUT2D eigenvalue weighted by Gasteiger charge is -2.16. The molecule has 0 spiro atoms. The summed E-state index contributed by atoms with van der Waals surface area (Å²) in [6.07, 6.45) is 8.02. The first-order chi connectivity index (χ1) is 29.5. The van der Waals surface area contributed by atoms with Gasteiger partial charge < -0.3 is 20.5 Å². The van der Waals surface area contributed by atoms with E-state index in [2.05, 4.69) is 52.2 Å². The Labute approximate surface area is 361 Å². The average molecular weight is 876 g/mol. The zero-order valence-electron chi connectivity index (χ0n) is 33.6. The third-order valence-electron chi connectivity index (χ3n) is 9.38. The van der Waals surface area contributed by atoms with Crippen LogP contribution in [0.1, 0.15) is 77.7 Å². The Kier molecular flexibility index (Phi) is 14.3. The lowest BCUT2D eigenvalue weighted by Crippen LogP contribution is -2.16. The molecule has 0 aliphatic carbocycles. The lowest BCUT2D eigenvalue weighted by atomic mass is 10.0. The Hall–Kier alpha value is -7.30. The standard InChI is InChI=1S/C23H19N5O2.C15H14BrN3O.C8H6N2O/c1-14-8-19-18(25-12-14)10-20(27-19)22(30-2)17-6-7-21(26-13-17)28-23(29)16-5-3-4-15(9-16)11-24;1-9-5-12-11(17-7-9)6-13(19-12)15(20-2)10-3-4-14(16)18-8-10;9-5-6-2-1-3-7(4-6)8(10)11/h3-9,12-13,22H,10H2,1-2H3,(H,26,28,29);3-5,7-8,15H,6H2,1-2H3;1-4H,(H2,10,11). The summed E-state index contributed by atoms with van der Waals surface area (Å²) >= 11 is 3.34. The highest BCUT2D eigenvalue weighted by atomic mass is 79.9. The van der Waals surface area contributed by atoms with Crippen molar-refractivity contribution >= 4 is 56.4 Å². The fourth-order valence-corrected chi connectivity index (χ4v) is 6.67. The molecule has 2 atom stereocenters. The van der Waals surface area contributed by atoms with Crippen LogP contribution in [0.3, 0.4) is 0 Å². The van der Waals surface area contributed by atoms with E-state index in [1.165, 1.54) is 12.1 Å². The van der Waals surface area contributed by atoms with Crippen LogP contribution in [0.4, 0.5) is 17.2 Å². The number of primary amides is 1. The molecule has 6 heterocycles. The van der Waals surface area contributed by atoms with Crippen LogP contribution >= 0.6 is 15.9 Å². The van der Waals surface area contributed by atoms with Crippen molar-refractivity contribution in [3.8, 4) is 12.1 Å². The number of carbonyl (C=O) groups is 2. The number of hydrogen-bond donors (Lipinski definition) is 2.